The third kappa shape index (κ3) is 2.46. The number of piperidine rings is 1. The fraction of sp³-hybridized carbons (Fsp3) is 0.538. The molecule has 0 aromatic heterocycles. The minimum atomic E-state index is -1.41. The van der Waals surface area contributed by atoms with Crippen LogP contribution in [0.25, 0.3) is 0 Å². The van der Waals surface area contributed by atoms with Crippen molar-refractivity contribution in [2.24, 2.45) is 5.92 Å². The van der Waals surface area contributed by atoms with Gasteiger partial charge in [-0.25, -0.2) is 13.2 Å². The lowest BCUT2D eigenvalue weighted by molar-refractivity contribution is 0.338. The summed E-state index contributed by atoms with van der Waals surface area (Å²) < 4.78 is 39.3. The molecule has 1 N–H and O–H groups in total. The normalized spacial score (nSPS) is 24.4. The second kappa shape index (κ2) is 5.18. The minimum Gasteiger partial charge on any atom is -0.371 e. The molecule has 0 amide bonds. The van der Waals surface area contributed by atoms with E-state index < -0.39 is 17.5 Å². The average molecular weight is 258 g/mol. The molecule has 0 radical (unpaired) electrons. The average Bonchev–Trinajstić information content (AvgIpc) is 2.35. The number of anilines is 1. The van der Waals surface area contributed by atoms with E-state index in [0.29, 0.717) is 30.7 Å². The lowest BCUT2D eigenvalue weighted by Crippen LogP contribution is -2.47. The van der Waals surface area contributed by atoms with Crippen molar-refractivity contribution in [1.82, 2.24) is 5.32 Å². The molecule has 18 heavy (non-hydrogen) atoms. The van der Waals surface area contributed by atoms with Gasteiger partial charge in [-0.05, 0) is 19.4 Å². The summed E-state index contributed by atoms with van der Waals surface area (Å²) in [6.07, 6.45) is 0.901. The molecule has 2 nitrogen and oxygen atoms in total. The van der Waals surface area contributed by atoms with E-state index in [-0.39, 0.29) is 0 Å². The van der Waals surface area contributed by atoms with Gasteiger partial charge in [-0.15, -0.1) is 0 Å². The summed E-state index contributed by atoms with van der Waals surface area (Å²) in [5.74, 6) is -3.29. The highest BCUT2D eigenvalue weighted by Crippen LogP contribution is 2.26. The summed E-state index contributed by atoms with van der Waals surface area (Å²) in [4.78, 5) is 1.89. The summed E-state index contributed by atoms with van der Waals surface area (Å²) in [6.45, 7) is 3.50. The number of benzene rings is 1. The summed E-state index contributed by atoms with van der Waals surface area (Å²) in [7, 11) is 1.91. The Morgan fingerprint density at radius 2 is 1.83 bits per heavy atom. The van der Waals surface area contributed by atoms with Gasteiger partial charge in [0.1, 0.15) is 0 Å². The van der Waals surface area contributed by atoms with E-state index in [0.717, 1.165) is 18.6 Å². The molecule has 0 spiro atoms. The van der Waals surface area contributed by atoms with E-state index >= 15 is 0 Å². The van der Waals surface area contributed by atoms with E-state index in [1.807, 2.05) is 11.9 Å². The van der Waals surface area contributed by atoms with Crippen molar-refractivity contribution < 1.29 is 13.2 Å². The van der Waals surface area contributed by atoms with E-state index in [1.165, 1.54) is 0 Å². The van der Waals surface area contributed by atoms with Gasteiger partial charge in [0.2, 0.25) is 0 Å². The lowest BCUT2D eigenvalue weighted by Gasteiger charge is -2.38. The number of hydrogen-bond donors (Lipinski definition) is 1. The lowest BCUT2D eigenvalue weighted by atomic mass is 9.93. The van der Waals surface area contributed by atoms with Crippen LogP contribution in [-0.2, 0) is 0 Å². The van der Waals surface area contributed by atoms with Gasteiger partial charge in [0.15, 0.2) is 17.5 Å². The molecular formula is C13H17F3N2. The maximum absolute atomic E-state index is 13.2. The molecule has 0 aliphatic carbocycles. The molecule has 1 heterocycles. The molecule has 0 bridgehead atoms. The zero-order valence-corrected chi connectivity index (χ0v) is 10.5. The smallest absolute Gasteiger partial charge is 0.194 e. The van der Waals surface area contributed by atoms with Crippen LogP contribution in [0.15, 0.2) is 12.1 Å². The first-order chi connectivity index (χ1) is 8.52. The zero-order chi connectivity index (χ0) is 13.3. The molecule has 5 heteroatoms. The Morgan fingerprint density at radius 3 is 2.33 bits per heavy atom. The van der Waals surface area contributed by atoms with Gasteiger partial charge in [0, 0.05) is 37.0 Å². The van der Waals surface area contributed by atoms with Crippen LogP contribution >= 0.6 is 0 Å². The fourth-order valence-corrected chi connectivity index (χ4v) is 2.53. The maximum Gasteiger partial charge on any atom is 0.194 e. The van der Waals surface area contributed by atoms with Crippen molar-refractivity contribution in [3.8, 4) is 0 Å². The third-order valence-electron chi connectivity index (χ3n) is 3.61. The zero-order valence-electron chi connectivity index (χ0n) is 10.5. The molecule has 1 fully saturated rings. The Hall–Kier alpha value is -1.23. The Labute approximate surface area is 105 Å². The Kier molecular flexibility index (Phi) is 3.80. The molecular weight excluding hydrogens is 241 g/mol. The van der Waals surface area contributed by atoms with Crippen LogP contribution in [0.2, 0.25) is 0 Å². The summed E-state index contributed by atoms with van der Waals surface area (Å²) in [5, 5.41) is 3.22. The van der Waals surface area contributed by atoms with Gasteiger partial charge in [-0.1, -0.05) is 6.92 Å². The van der Waals surface area contributed by atoms with Crippen molar-refractivity contribution >= 4 is 5.69 Å². The number of nitrogens with one attached hydrogen (secondary N) is 1. The molecule has 1 aromatic carbocycles. The van der Waals surface area contributed by atoms with E-state index in [4.69, 9.17) is 0 Å². The summed E-state index contributed by atoms with van der Waals surface area (Å²) in [6, 6.07) is 2.53. The van der Waals surface area contributed by atoms with Crippen molar-refractivity contribution in [2.45, 2.75) is 19.4 Å². The standard InChI is InChI=1S/C13H17F3N2/c1-8-7-18(4-3-12(8)17-2)9-5-10(14)13(16)11(15)6-9/h5-6,8,12,17H,3-4,7H2,1-2H3. The second-order valence-corrected chi connectivity index (χ2v) is 4.83. The van der Waals surface area contributed by atoms with Gasteiger partial charge in [-0.3, -0.25) is 0 Å². The second-order valence-electron chi connectivity index (χ2n) is 4.83. The fourth-order valence-electron chi connectivity index (χ4n) is 2.53. The van der Waals surface area contributed by atoms with Crippen LogP contribution in [0.4, 0.5) is 18.9 Å². The SMILES string of the molecule is CNC1CCN(c2cc(F)c(F)c(F)c2)CC1C. The quantitative estimate of drug-likeness (QED) is 0.820. The van der Waals surface area contributed by atoms with Crippen molar-refractivity contribution in [3.63, 3.8) is 0 Å². The molecule has 1 aromatic rings. The Balaban J connectivity index is 2.18. The monoisotopic (exact) mass is 258 g/mol. The van der Waals surface area contributed by atoms with E-state index in [1.54, 1.807) is 0 Å². The number of hydrogen-bond acceptors (Lipinski definition) is 2. The van der Waals surface area contributed by atoms with Gasteiger partial charge in [0.25, 0.3) is 0 Å². The first kappa shape index (κ1) is 13.2. The van der Waals surface area contributed by atoms with Crippen LogP contribution in [0.3, 0.4) is 0 Å². The maximum atomic E-state index is 13.2. The molecule has 2 atom stereocenters. The van der Waals surface area contributed by atoms with Gasteiger partial charge >= 0.3 is 0 Å². The van der Waals surface area contributed by atoms with Crippen molar-refractivity contribution in [2.75, 3.05) is 25.0 Å². The first-order valence-corrected chi connectivity index (χ1v) is 6.09. The first-order valence-electron chi connectivity index (χ1n) is 6.09. The Bertz CT molecular complexity index is 413. The highest BCUT2D eigenvalue weighted by atomic mass is 19.2. The van der Waals surface area contributed by atoms with Crippen LogP contribution < -0.4 is 10.2 Å². The van der Waals surface area contributed by atoms with Crippen molar-refractivity contribution in [3.05, 3.63) is 29.6 Å². The summed E-state index contributed by atoms with van der Waals surface area (Å²) in [5.41, 5.74) is 0.410. The molecule has 1 aliphatic heterocycles. The van der Waals surface area contributed by atoms with Crippen LogP contribution in [0.1, 0.15) is 13.3 Å². The predicted molar refractivity (Wildman–Crippen MR) is 65.2 cm³/mol. The highest BCUT2D eigenvalue weighted by Gasteiger charge is 2.26. The minimum absolute atomic E-state index is 0.375. The Morgan fingerprint density at radius 1 is 1.22 bits per heavy atom. The van der Waals surface area contributed by atoms with Crippen LogP contribution in [-0.4, -0.2) is 26.2 Å². The molecule has 0 saturated carbocycles. The molecule has 2 rings (SSSR count). The predicted octanol–water partition coefficient (Wildman–Crippen LogP) is 2.54. The molecule has 100 valence electrons. The molecule has 1 aliphatic rings. The topological polar surface area (TPSA) is 15.3 Å². The van der Waals surface area contributed by atoms with Crippen LogP contribution in [0.5, 0.6) is 0 Å². The van der Waals surface area contributed by atoms with Gasteiger partial charge in [-0.2, -0.15) is 0 Å². The van der Waals surface area contributed by atoms with Gasteiger partial charge < -0.3 is 10.2 Å². The largest absolute Gasteiger partial charge is 0.371 e. The van der Waals surface area contributed by atoms with Crippen LogP contribution in [0, 0.1) is 23.4 Å². The van der Waals surface area contributed by atoms with Crippen molar-refractivity contribution in [1.29, 1.82) is 0 Å². The highest BCUT2D eigenvalue weighted by molar-refractivity contribution is 5.47. The van der Waals surface area contributed by atoms with Gasteiger partial charge in [0.05, 0.1) is 0 Å². The van der Waals surface area contributed by atoms with E-state index in [9.17, 15) is 13.2 Å². The number of nitrogens with zero attached hydrogens (tertiary/aromatic N) is 1. The van der Waals surface area contributed by atoms with E-state index in [2.05, 4.69) is 12.2 Å². The molecule has 1 saturated heterocycles. The molecule has 2 unspecified atom stereocenters. The summed E-state index contributed by atoms with van der Waals surface area (Å²) >= 11 is 0. The number of rotatable bonds is 2. The number of halogens is 3. The third-order valence-corrected chi connectivity index (χ3v) is 3.61.